The Kier molecular flexibility index (Phi) is 7.26. The fourth-order valence-electron chi connectivity index (χ4n) is 4.32. The Labute approximate surface area is 203 Å². The number of carbonyl (C=O) groups excluding carboxylic acids is 3. The SMILES string of the molecule is CC(=O)N1CCN(C(=O)CCNC(=O)C(C)(Cc2nc3ccccc3s2)c2ccccc2)CC1. The summed E-state index contributed by atoms with van der Waals surface area (Å²) in [4.78, 5) is 45.8. The number of hydrogen-bond acceptors (Lipinski definition) is 5. The zero-order valence-corrected chi connectivity index (χ0v) is 20.4. The summed E-state index contributed by atoms with van der Waals surface area (Å²) in [7, 11) is 0. The van der Waals surface area contributed by atoms with Crippen molar-refractivity contribution in [1.82, 2.24) is 20.1 Å². The van der Waals surface area contributed by atoms with Gasteiger partial charge in [0.15, 0.2) is 0 Å². The molecule has 0 spiro atoms. The molecule has 7 nitrogen and oxygen atoms in total. The molecule has 0 bridgehead atoms. The van der Waals surface area contributed by atoms with Gasteiger partial charge in [-0.25, -0.2) is 4.98 Å². The highest BCUT2D eigenvalue weighted by Crippen LogP contribution is 2.32. The number of hydrogen-bond donors (Lipinski definition) is 1. The maximum Gasteiger partial charge on any atom is 0.230 e. The average Bonchev–Trinajstić information content (AvgIpc) is 3.26. The van der Waals surface area contributed by atoms with E-state index in [1.54, 1.807) is 28.1 Å². The molecule has 0 saturated carbocycles. The van der Waals surface area contributed by atoms with Crippen LogP contribution in [0.25, 0.3) is 10.2 Å². The molecule has 0 aliphatic carbocycles. The largest absolute Gasteiger partial charge is 0.355 e. The van der Waals surface area contributed by atoms with Crippen LogP contribution in [0.2, 0.25) is 0 Å². The third-order valence-electron chi connectivity index (χ3n) is 6.46. The molecule has 1 unspecified atom stereocenters. The Morgan fingerprint density at radius 1 is 0.971 bits per heavy atom. The number of nitrogens with zero attached hydrogens (tertiary/aromatic N) is 3. The van der Waals surface area contributed by atoms with E-state index < -0.39 is 5.41 Å². The van der Waals surface area contributed by atoms with E-state index in [1.165, 1.54) is 0 Å². The molecule has 3 amide bonds. The number of amides is 3. The lowest BCUT2D eigenvalue weighted by Crippen LogP contribution is -2.50. The summed E-state index contributed by atoms with van der Waals surface area (Å²) in [5, 5.41) is 3.90. The first-order valence-electron chi connectivity index (χ1n) is 11.6. The molecule has 34 heavy (non-hydrogen) atoms. The predicted octanol–water partition coefficient (Wildman–Crippen LogP) is 2.99. The van der Waals surface area contributed by atoms with Gasteiger partial charge in [-0.2, -0.15) is 0 Å². The number of rotatable bonds is 7. The van der Waals surface area contributed by atoms with E-state index in [2.05, 4.69) is 5.32 Å². The molecule has 1 aromatic heterocycles. The fourth-order valence-corrected chi connectivity index (χ4v) is 5.45. The molecule has 2 heterocycles. The van der Waals surface area contributed by atoms with Crippen LogP contribution in [0.1, 0.15) is 30.8 Å². The Morgan fingerprint density at radius 3 is 2.29 bits per heavy atom. The van der Waals surface area contributed by atoms with Crippen molar-refractivity contribution in [2.75, 3.05) is 32.7 Å². The van der Waals surface area contributed by atoms with Gasteiger partial charge >= 0.3 is 0 Å². The first-order valence-corrected chi connectivity index (χ1v) is 12.4. The second-order valence-electron chi connectivity index (χ2n) is 8.84. The second kappa shape index (κ2) is 10.3. The first kappa shape index (κ1) is 23.9. The molecule has 1 aliphatic heterocycles. The molecule has 2 aromatic carbocycles. The molecule has 3 aromatic rings. The van der Waals surface area contributed by atoms with Crippen LogP contribution in [-0.2, 0) is 26.2 Å². The summed E-state index contributed by atoms with van der Waals surface area (Å²) in [5.74, 6) is -0.0871. The van der Waals surface area contributed by atoms with Gasteiger partial charge in [0, 0.05) is 52.5 Å². The second-order valence-corrected chi connectivity index (χ2v) is 9.96. The van der Waals surface area contributed by atoms with E-state index in [1.807, 2.05) is 61.5 Å². The Morgan fingerprint density at radius 2 is 1.62 bits per heavy atom. The van der Waals surface area contributed by atoms with Crippen LogP contribution in [0.3, 0.4) is 0 Å². The summed E-state index contributed by atoms with van der Waals surface area (Å²) in [6, 6.07) is 17.7. The lowest BCUT2D eigenvalue weighted by atomic mass is 9.78. The van der Waals surface area contributed by atoms with Crippen molar-refractivity contribution < 1.29 is 14.4 Å². The first-order chi connectivity index (χ1) is 16.4. The van der Waals surface area contributed by atoms with Crippen LogP contribution in [-0.4, -0.2) is 65.2 Å². The Bertz CT molecular complexity index is 1140. The van der Waals surface area contributed by atoms with Gasteiger partial charge < -0.3 is 15.1 Å². The van der Waals surface area contributed by atoms with E-state index >= 15 is 0 Å². The number of piperazine rings is 1. The lowest BCUT2D eigenvalue weighted by Gasteiger charge is -2.34. The van der Waals surface area contributed by atoms with Crippen molar-refractivity contribution in [2.45, 2.75) is 32.1 Å². The summed E-state index contributed by atoms with van der Waals surface area (Å²) < 4.78 is 1.10. The van der Waals surface area contributed by atoms with Gasteiger partial charge in [0.05, 0.1) is 20.6 Å². The van der Waals surface area contributed by atoms with Gasteiger partial charge in [0.25, 0.3) is 0 Å². The minimum atomic E-state index is -0.814. The third kappa shape index (κ3) is 5.28. The monoisotopic (exact) mass is 478 g/mol. The number of aromatic nitrogens is 1. The molecule has 1 fully saturated rings. The topological polar surface area (TPSA) is 82.6 Å². The van der Waals surface area contributed by atoms with E-state index in [-0.39, 0.29) is 30.7 Å². The highest BCUT2D eigenvalue weighted by Gasteiger charge is 2.36. The number of para-hydroxylation sites is 1. The molecule has 178 valence electrons. The minimum absolute atomic E-state index is 0.00362. The van der Waals surface area contributed by atoms with Gasteiger partial charge in [-0.3, -0.25) is 14.4 Å². The van der Waals surface area contributed by atoms with Crippen LogP contribution >= 0.6 is 11.3 Å². The van der Waals surface area contributed by atoms with E-state index in [9.17, 15) is 14.4 Å². The number of benzene rings is 2. The van der Waals surface area contributed by atoms with Crippen molar-refractivity contribution in [3.8, 4) is 0 Å². The van der Waals surface area contributed by atoms with Gasteiger partial charge in [-0.1, -0.05) is 42.5 Å². The zero-order valence-electron chi connectivity index (χ0n) is 19.6. The third-order valence-corrected chi connectivity index (χ3v) is 7.49. The van der Waals surface area contributed by atoms with Crippen LogP contribution in [0.15, 0.2) is 54.6 Å². The van der Waals surface area contributed by atoms with Crippen molar-refractivity contribution >= 4 is 39.3 Å². The maximum atomic E-state index is 13.5. The van der Waals surface area contributed by atoms with Crippen molar-refractivity contribution in [3.05, 3.63) is 65.2 Å². The standard InChI is InChI=1S/C26H30N4O3S/c1-19(31)29-14-16-30(17-15-29)24(32)12-13-27-25(33)26(2,20-8-4-3-5-9-20)18-23-28-21-10-6-7-11-22(21)34-23/h3-11H,12-18H2,1-2H3,(H,27,33). The molecule has 1 N–H and O–H groups in total. The van der Waals surface area contributed by atoms with Gasteiger partial charge in [0.1, 0.15) is 0 Å². The van der Waals surface area contributed by atoms with E-state index in [4.69, 9.17) is 4.98 Å². The molecule has 8 heteroatoms. The van der Waals surface area contributed by atoms with Crippen molar-refractivity contribution in [2.24, 2.45) is 0 Å². The summed E-state index contributed by atoms with van der Waals surface area (Å²) in [5.41, 5.74) is 1.04. The van der Waals surface area contributed by atoms with Crippen LogP contribution < -0.4 is 5.32 Å². The van der Waals surface area contributed by atoms with Gasteiger partial charge in [0.2, 0.25) is 17.7 Å². The molecule has 1 atom stereocenters. The maximum absolute atomic E-state index is 13.5. The number of thiazole rings is 1. The fraction of sp³-hybridized carbons (Fsp3) is 0.385. The summed E-state index contributed by atoms with van der Waals surface area (Å²) >= 11 is 1.61. The molecular formula is C26H30N4O3S. The van der Waals surface area contributed by atoms with E-state index in [0.717, 1.165) is 20.8 Å². The molecule has 0 radical (unpaired) electrons. The van der Waals surface area contributed by atoms with Crippen LogP contribution in [0.5, 0.6) is 0 Å². The zero-order chi connectivity index (χ0) is 24.1. The number of nitrogens with one attached hydrogen (secondary N) is 1. The highest BCUT2D eigenvalue weighted by molar-refractivity contribution is 7.18. The normalized spacial score (nSPS) is 15.7. The molecule has 4 rings (SSSR count). The molecule has 1 aliphatic rings. The minimum Gasteiger partial charge on any atom is -0.355 e. The van der Waals surface area contributed by atoms with Crippen LogP contribution in [0.4, 0.5) is 0 Å². The Hall–Kier alpha value is -3.26. The van der Waals surface area contributed by atoms with E-state index in [0.29, 0.717) is 32.6 Å². The molecular weight excluding hydrogens is 448 g/mol. The molecule has 1 saturated heterocycles. The number of carbonyl (C=O) groups is 3. The van der Waals surface area contributed by atoms with Crippen molar-refractivity contribution in [3.63, 3.8) is 0 Å². The van der Waals surface area contributed by atoms with Crippen molar-refractivity contribution in [1.29, 1.82) is 0 Å². The Balaban J connectivity index is 1.41. The highest BCUT2D eigenvalue weighted by atomic mass is 32.1. The predicted molar refractivity (Wildman–Crippen MR) is 134 cm³/mol. The lowest BCUT2D eigenvalue weighted by molar-refractivity contribution is -0.138. The summed E-state index contributed by atoms with van der Waals surface area (Å²) in [6.45, 7) is 5.94. The average molecular weight is 479 g/mol. The quantitative estimate of drug-likeness (QED) is 0.566. The summed E-state index contributed by atoms with van der Waals surface area (Å²) in [6.07, 6.45) is 0.709. The number of fused-ring (bicyclic) bond motifs is 1. The smallest absolute Gasteiger partial charge is 0.230 e. The van der Waals surface area contributed by atoms with Crippen LogP contribution in [0, 0.1) is 0 Å². The van der Waals surface area contributed by atoms with Gasteiger partial charge in [-0.15, -0.1) is 11.3 Å². The van der Waals surface area contributed by atoms with Gasteiger partial charge in [-0.05, 0) is 24.6 Å².